The maximum atomic E-state index is 2.75. The zero-order valence-electron chi connectivity index (χ0n) is 17.7. The molecule has 3 aliphatic rings. The van der Waals surface area contributed by atoms with Gasteiger partial charge in [0, 0.05) is 0 Å². The van der Waals surface area contributed by atoms with E-state index >= 15 is 0 Å². The number of fused-ring (bicyclic) bond motifs is 1. The van der Waals surface area contributed by atoms with Gasteiger partial charge in [-0.25, -0.2) is 0 Å². The molecule has 0 nitrogen and oxygen atoms in total. The predicted octanol–water partition coefficient (Wildman–Crippen LogP) is 7.18. The molecule has 0 heterocycles. The molecule has 0 bridgehead atoms. The standard InChI is InChI=1S/C24H45B/c1-19(2)21-16-12-14-20-13-8-4-5-9-15-22(20)23(21)24(25)17-10-6-3-7-11-18-24/h19-23H,3-18,25H2,1-2H3. The summed E-state index contributed by atoms with van der Waals surface area (Å²) in [6, 6.07) is 0. The fourth-order valence-corrected chi connectivity index (χ4v) is 7.36. The molecule has 0 aromatic heterocycles. The normalized spacial score (nSPS) is 37.9. The van der Waals surface area contributed by atoms with Gasteiger partial charge in [0.2, 0.25) is 0 Å². The van der Waals surface area contributed by atoms with Crippen molar-refractivity contribution in [2.24, 2.45) is 29.6 Å². The Morgan fingerprint density at radius 2 is 1.24 bits per heavy atom. The molecule has 4 atom stereocenters. The molecule has 0 N–H and O–H groups in total. The Labute approximate surface area is 159 Å². The van der Waals surface area contributed by atoms with Gasteiger partial charge in [-0.05, 0) is 42.4 Å². The van der Waals surface area contributed by atoms with Gasteiger partial charge in [-0.15, -0.1) is 0 Å². The molecule has 0 spiro atoms. The molecule has 0 radical (unpaired) electrons. The minimum Gasteiger partial charge on any atom is -0.0625 e. The van der Waals surface area contributed by atoms with Crippen LogP contribution in [0.4, 0.5) is 0 Å². The van der Waals surface area contributed by atoms with Crippen LogP contribution in [0.3, 0.4) is 0 Å². The average Bonchev–Trinajstić information content (AvgIpc) is 2.71. The summed E-state index contributed by atoms with van der Waals surface area (Å²) in [5, 5.41) is 0.641. The van der Waals surface area contributed by atoms with E-state index in [0.717, 1.165) is 29.6 Å². The fraction of sp³-hybridized carbons (Fsp3) is 1.00. The van der Waals surface area contributed by atoms with E-state index in [1.807, 2.05) is 0 Å². The highest BCUT2D eigenvalue weighted by atomic mass is 14.5. The Hall–Kier alpha value is 0.0649. The van der Waals surface area contributed by atoms with Crippen molar-refractivity contribution in [3.63, 3.8) is 0 Å². The largest absolute Gasteiger partial charge is 0.109 e. The zero-order chi connectivity index (χ0) is 17.7. The van der Waals surface area contributed by atoms with Gasteiger partial charge in [-0.2, -0.15) is 0 Å². The minimum atomic E-state index is 0.641. The van der Waals surface area contributed by atoms with Crippen LogP contribution in [0.2, 0.25) is 5.31 Å². The smallest absolute Gasteiger partial charge is 0.0625 e. The quantitative estimate of drug-likeness (QED) is 0.465. The van der Waals surface area contributed by atoms with Crippen molar-refractivity contribution in [1.82, 2.24) is 0 Å². The summed E-state index contributed by atoms with van der Waals surface area (Å²) in [6.07, 6.45) is 24.4. The van der Waals surface area contributed by atoms with Gasteiger partial charge in [-0.1, -0.05) is 109 Å². The van der Waals surface area contributed by atoms with Gasteiger partial charge in [0.05, 0.1) is 0 Å². The van der Waals surface area contributed by atoms with Crippen LogP contribution in [-0.2, 0) is 0 Å². The number of rotatable bonds is 2. The third-order valence-electron chi connectivity index (χ3n) is 8.66. The molecule has 0 aromatic rings. The predicted molar refractivity (Wildman–Crippen MR) is 114 cm³/mol. The Morgan fingerprint density at radius 3 is 1.92 bits per heavy atom. The molecule has 0 saturated heterocycles. The van der Waals surface area contributed by atoms with Gasteiger partial charge in [0.15, 0.2) is 0 Å². The topological polar surface area (TPSA) is 0 Å². The molecule has 25 heavy (non-hydrogen) atoms. The summed E-state index contributed by atoms with van der Waals surface area (Å²) in [5.74, 6) is 5.03. The van der Waals surface area contributed by atoms with E-state index in [0.29, 0.717) is 5.31 Å². The first-order valence-corrected chi connectivity index (χ1v) is 12.1. The van der Waals surface area contributed by atoms with Crippen LogP contribution in [0, 0.1) is 29.6 Å². The van der Waals surface area contributed by atoms with Crippen LogP contribution in [0.15, 0.2) is 0 Å². The van der Waals surface area contributed by atoms with E-state index in [9.17, 15) is 0 Å². The third-order valence-corrected chi connectivity index (χ3v) is 8.66. The second kappa shape index (κ2) is 9.32. The maximum absolute atomic E-state index is 2.75. The second-order valence-electron chi connectivity index (χ2n) is 10.7. The highest BCUT2D eigenvalue weighted by Crippen LogP contribution is 2.58. The van der Waals surface area contributed by atoms with E-state index in [-0.39, 0.29) is 0 Å². The van der Waals surface area contributed by atoms with Crippen molar-refractivity contribution in [2.75, 3.05) is 0 Å². The van der Waals surface area contributed by atoms with E-state index in [4.69, 9.17) is 0 Å². The lowest BCUT2D eigenvalue weighted by Crippen LogP contribution is -2.40. The Bertz CT molecular complexity index is 380. The second-order valence-corrected chi connectivity index (χ2v) is 10.7. The Morgan fingerprint density at radius 1 is 0.680 bits per heavy atom. The van der Waals surface area contributed by atoms with Gasteiger partial charge < -0.3 is 0 Å². The van der Waals surface area contributed by atoms with E-state index in [1.165, 1.54) is 83.5 Å². The van der Waals surface area contributed by atoms with E-state index in [1.54, 1.807) is 19.3 Å². The van der Waals surface area contributed by atoms with E-state index in [2.05, 4.69) is 21.7 Å². The summed E-state index contributed by atoms with van der Waals surface area (Å²) in [7, 11) is 2.75. The first-order valence-electron chi connectivity index (χ1n) is 12.1. The molecule has 3 rings (SSSR count). The lowest BCUT2D eigenvalue weighted by Gasteiger charge is -2.50. The SMILES string of the molecule is BC1(C2C(C(C)C)CCCC3CCCCCCC32)CCCCCCC1. The minimum absolute atomic E-state index is 0.641. The maximum Gasteiger partial charge on any atom is 0.109 e. The highest BCUT2D eigenvalue weighted by Gasteiger charge is 2.47. The third kappa shape index (κ3) is 4.87. The monoisotopic (exact) mass is 344 g/mol. The van der Waals surface area contributed by atoms with Crippen LogP contribution >= 0.6 is 0 Å². The van der Waals surface area contributed by atoms with Crippen molar-refractivity contribution < 1.29 is 0 Å². The van der Waals surface area contributed by atoms with Crippen LogP contribution < -0.4 is 0 Å². The molecule has 1 heteroatoms. The molecule has 0 aliphatic heterocycles. The Balaban J connectivity index is 1.91. The Kier molecular flexibility index (Phi) is 7.39. The van der Waals surface area contributed by atoms with Gasteiger partial charge >= 0.3 is 0 Å². The zero-order valence-corrected chi connectivity index (χ0v) is 17.7. The number of hydrogen-bond acceptors (Lipinski definition) is 0. The summed E-state index contributed by atoms with van der Waals surface area (Å²) >= 11 is 0. The van der Waals surface area contributed by atoms with Gasteiger partial charge in [-0.3, -0.25) is 0 Å². The molecular formula is C24H45B. The average molecular weight is 344 g/mol. The lowest BCUT2D eigenvalue weighted by atomic mass is 9.47. The van der Waals surface area contributed by atoms with Crippen LogP contribution in [0.25, 0.3) is 0 Å². The van der Waals surface area contributed by atoms with Crippen molar-refractivity contribution in [2.45, 2.75) is 122 Å². The van der Waals surface area contributed by atoms with Crippen molar-refractivity contribution in [3.8, 4) is 0 Å². The molecule has 4 unspecified atom stereocenters. The fourth-order valence-electron chi connectivity index (χ4n) is 7.36. The lowest BCUT2D eigenvalue weighted by molar-refractivity contribution is 0.0664. The molecule has 144 valence electrons. The number of hydrogen-bond donors (Lipinski definition) is 0. The molecule has 3 aliphatic carbocycles. The van der Waals surface area contributed by atoms with Crippen LogP contribution in [-0.4, -0.2) is 7.85 Å². The summed E-state index contributed by atoms with van der Waals surface area (Å²) in [5.41, 5.74) is 0. The van der Waals surface area contributed by atoms with E-state index < -0.39 is 0 Å². The summed E-state index contributed by atoms with van der Waals surface area (Å²) < 4.78 is 0. The first kappa shape index (κ1) is 19.8. The molecular weight excluding hydrogens is 299 g/mol. The van der Waals surface area contributed by atoms with Crippen molar-refractivity contribution >= 4 is 7.85 Å². The molecule has 0 aromatic carbocycles. The summed E-state index contributed by atoms with van der Waals surface area (Å²) in [6.45, 7) is 5.10. The van der Waals surface area contributed by atoms with Gasteiger partial charge in [0.1, 0.15) is 7.85 Å². The van der Waals surface area contributed by atoms with Gasteiger partial charge in [0.25, 0.3) is 0 Å². The molecule has 0 amide bonds. The van der Waals surface area contributed by atoms with Crippen molar-refractivity contribution in [1.29, 1.82) is 0 Å². The van der Waals surface area contributed by atoms with Crippen LogP contribution in [0.5, 0.6) is 0 Å². The highest BCUT2D eigenvalue weighted by molar-refractivity contribution is 6.15. The molecule has 3 saturated carbocycles. The van der Waals surface area contributed by atoms with Crippen LogP contribution in [0.1, 0.15) is 117 Å². The van der Waals surface area contributed by atoms with Crippen molar-refractivity contribution in [3.05, 3.63) is 0 Å². The summed E-state index contributed by atoms with van der Waals surface area (Å²) in [4.78, 5) is 0. The first-order chi connectivity index (χ1) is 12.1. The molecule has 3 fully saturated rings.